The van der Waals surface area contributed by atoms with Crippen molar-refractivity contribution in [3.8, 4) is 5.75 Å². The van der Waals surface area contributed by atoms with Crippen LogP contribution in [0.25, 0.3) is 0 Å². The molecular formula is C10H15NO4S. The summed E-state index contributed by atoms with van der Waals surface area (Å²) in [5.74, 6) is 0.500. The summed E-state index contributed by atoms with van der Waals surface area (Å²) < 4.78 is 30.5. The van der Waals surface area contributed by atoms with Gasteiger partial charge in [0.05, 0.1) is 18.1 Å². The highest BCUT2D eigenvalue weighted by Crippen LogP contribution is 2.22. The number of hydrogen-bond donors (Lipinski definition) is 2. The van der Waals surface area contributed by atoms with Crippen molar-refractivity contribution in [1.82, 2.24) is 4.72 Å². The van der Waals surface area contributed by atoms with Crippen LogP contribution in [0.2, 0.25) is 0 Å². The number of nitrogens with one attached hydrogen (secondary N) is 1. The molecule has 0 aliphatic carbocycles. The third kappa shape index (κ3) is 2.72. The molecule has 0 unspecified atom stereocenters. The number of sulfonamides is 1. The SMILES string of the molecule is CCOc1ccc(S(=O)(=O)NC)cc1CO. The molecule has 0 aliphatic heterocycles. The smallest absolute Gasteiger partial charge is 0.240 e. The van der Waals surface area contributed by atoms with E-state index in [1.807, 2.05) is 6.92 Å². The van der Waals surface area contributed by atoms with Crippen molar-refractivity contribution in [2.24, 2.45) is 0 Å². The Morgan fingerprint density at radius 2 is 2.12 bits per heavy atom. The van der Waals surface area contributed by atoms with Gasteiger partial charge in [0.1, 0.15) is 5.75 Å². The van der Waals surface area contributed by atoms with Gasteiger partial charge in [-0.25, -0.2) is 13.1 Å². The van der Waals surface area contributed by atoms with E-state index in [9.17, 15) is 8.42 Å². The van der Waals surface area contributed by atoms with E-state index in [1.165, 1.54) is 19.2 Å². The van der Waals surface area contributed by atoms with E-state index in [0.717, 1.165) is 0 Å². The number of benzene rings is 1. The van der Waals surface area contributed by atoms with Gasteiger partial charge >= 0.3 is 0 Å². The predicted molar refractivity (Wildman–Crippen MR) is 59.8 cm³/mol. The standard InChI is InChI=1S/C10H15NO4S/c1-3-15-10-5-4-9(6-8(10)7-12)16(13,14)11-2/h4-6,11-12H,3,7H2,1-2H3. The second-order valence-corrected chi connectivity index (χ2v) is 4.95. The molecular weight excluding hydrogens is 230 g/mol. The minimum absolute atomic E-state index is 0.113. The molecule has 1 aromatic carbocycles. The second kappa shape index (κ2) is 5.29. The van der Waals surface area contributed by atoms with E-state index in [4.69, 9.17) is 9.84 Å². The van der Waals surface area contributed by atoms with Crippen molar-refractivity contribution in [3.05, 3.63) is 23.8 Å². The highest BCUT2D eigenvalue weighted by molar-refractivity contribution is 7.89. The number of aliphatic hydroxyl groups excluding tert-OH is 1. The maximum Gasteiger partial charge on any atom is 0.240 e. The Hall–Kier alpha value is -1.11. The zero-order valence-corrected chi connectivity index (χ0v) is 10.0. The fourth-order valence-corrected chi connectivity index (χ4v) is 2.04. The van der Waals surface area contributed by atoms with Crippen molar-refractivity contribution in [1.29, 1.82) is 0 Å². The minimum atomic E-state index is -3.48. The Morgan fingerprint density at radius 1 is 1.44 bits per heavy atom. The van der Waals surface area contributed by atoms with Crippen LogP contribution in [0.3, 0.4) is 0 Å². The monoisotopic (exact) mass is 245 g/mol. The summed E-state index contributed by atoms with van der Waals surface area (Å²) in [6.07, 6.45) is 0. The summed E-state index contributed by atoms with van der Waals surface area (Å²) >= 11 is 0. The molecule has 1 rings (SSSR count). The molecule has 0 heterocycles. The fourth-order valence-electron chi connectivity index (χ4n) is 1.26. The lowest BCUT2D eigenvalue weighted by Crippen LogP contribution is -2.18. The maximum atomic E-state index is 11.5. The van der Waals surface area contributed by atoms with Gasteiger partial charge in [-0.05, 0) is 32.2 Å². The Balaban J connectivity index is 3.19. The summed E-state index contributed by atoms with van der Waals surface area (Å²) in [6, 6.07) is 4.38. The largest absolute Gasteiger partial charge is 0.494 e. The first-order valence-electron chi connectivity index (χ1n) is 4.85. The average Bonchev–Trinajstić information content (AvgIpc) is 2.29. The molecule has 90 valence electrons. The number of ether oxygens (including phenoxy) is 1. The summed E-state index contributed by atoms with van der Waals surface area (Å²) in [6.45, 7) is 2.02. The molecule has 0 amide bonds. The molecule has 0 atom stereocenters. The van der Waals surface area contributed by atoms with Gasteiger partial charge in [-0.3, -0.25) is 0 Å². The highest BCUT2D eigenvalue weighted by Gasteiger charge is 2.13. The van der Waals surface area contributed by atoms with Gasteiger partial charge in [-0.1, -0.05) is 0 Å². The van der Waals surface area contributed by atoms with Crippen LogP contribution in [0.15, 0.2) is 23.1 Å². The Morgan fingerprint density at radius 3 is 2.62 bits per heavy atom. The van der Waals surface area contributed by atoms with Crippen LogP contribution in [-0.4, -0.2) is 27.2 Å². The van der Waals surface area contributed by atoms with Gasteiger partial charge in [0.15, 0.2) is 0 Å². The van der Waals surface area contributed by atoms with Crippen molar-refractivity contribution < 1.29 is 18.3 Å². The Kier molecular flexibility index (Phi) is 4.28. The third-order valence-corrected chi connectivity index (χ3v) is 3.49. The van der Waals surface area contributed by atoms with Crippen molar-refractivity contribution in [2.45, 2.75) is 18.4 Å². The highest BCUT2D eigenvalue weighted by atomic mass is 32.2. The fraction of sp³-hybridized carbons (Fsp3) is 0.400. The molecule has 1 aromatic rings. The summed E-state index contributed by atoms with van der Waals surface area (Å²) in [5.41, 5.74) is 0.457. The van der Waals surface area contributed by atoms with Gasteiger partial charge in [0.2, 0.25) is 10.0 Å². The topological polar surface area (TPSA) is 75.6 Å². The number of aliphatic hydroxyl groups is 1. The van der Waals surface area contributed by atoms with Crippen LogP contribution in [0.1, 0.15) is 12.5 Å². The van der Waals surface area contributed by atoms with Crippen LogP contribution in [0.4, 0.5) is 0 Å². The maximum absolute atomic E-state index is 11.5. The van der Waals surface area contributed by atoms with E-state index in [-0.39, 0.29) is 11.5 Å². The third-order valence-electron chi connectivity index (χ3n) is 2.08. The summed E-state index contributed by atoms with van der Waals surface area (Å²) in [7, 11) is -2.14. The zero-order chi connectivity index (χ0) is 12.2. The molecule has 6 heteroatoms. The van der Waals surface area contributed by atoms with Crippen molar-refractivity contribution in [2.75, 3.05) is 13.7 Å². The number of rotatable bonds is 5. The van der Waals surface area contributed by atoms with Gasteiger partial charge < -0.3 is 9.84 Å². The van der Waals surface area contributed by atoms with Crippen LogP contribution >= 0.6 is 0 Å². The van der Waals surface area contributed by atoms with Crippen LogP contribution < -0.4 is 9.46 Å². The average molecular weight is 245 g/mol. The molecule has 0 fully saturated rings. The lowest BCUT2D eigenvalue weighted by atomic mass is 10.2. The van der Waals surface area contributed by atoms with Crippen LogP contribution in [0, 0.1) is 0 Å². The van der Waals surface area contributed by atoms with Gasteiger partial charge in [0.25, 0.3) is 0 Å². The minimum Gasteiger partial charge on any atom is -0.494 e. The Bertz CT molecular complexity index is 456. The molecule has 0 aromatic heterocycles. The number of hydrogen-bond acceptors (Lipinski definition) is 4. The molecule has 0 saturated heterocycles. The van der Waals surface area contributed by atoms with Gasteiger partial charge in [-0.2, -0.15) is 0 Å². The van der Waals surface area contributed by atoms with Crippen molar-refractivity contribution in [3.63, 3.8) is 0 Å². The van der Waals surface area contributed by atoms with E-state index >= 15 is 0 Å². The lowest BCUT2D eigenvalue weighted by Gasteiger charge is -2.10. The lowest BCUT2D eigenvalue weighted by molar-refractivity contribution is 0.266. The predicted octanol–water partition coefficient (Wildman–Crippen LogP) is 0.486. The van der Waals surface area contributed by atoms with E-state index in [1.54, 1.807) is 6.07 Å². The van der Waals surface area contributed by atoms with Crippen LogP contribution in [0.5, 0.6) is 5.75 Å². The van der Waals surface area contributed by atoms with E-state index in [0.29, 0.717) is 17.9 Å². The second-order valence-electron chi connectivity index (χ2n) is 3.07. The Labute approximate surface area is 95.1 Å². The van der Waals surface area contributed by atoms with E-state index in [2.05, 4.69) is 4.72 Å². The summed E-state index contributed by atoms with van der Waals surface area (Å²) in [4.78, 5) is 0.113. The first kappa shape index (κ1) is 13.0. The molecule has 0 radical (unpaired) electrons. The first-order chi connectivity index (χ1) is 7.55. The molecule has 0 bridgehead atoms. The van der Waals surface area contributed by atoms with Crippen molar-refractivity contribution >= 4 is 10.0 Å². The molecule has 0 spiro atoms. The van der Waals surface area contributed by atoms with Gasteiger partial charge in [-0.15, -0.1) is 0 Å². The van der Waals surface area contributed by atoms with Gasteiger partial charge in [0, 0.05) is 5.56 Å². The van der Waals surface area contributed by atoms with E-state index < -0.39 is 10.0 Å². The summed E-state index contributed by atoms with van der Waals surface area (Å²) in [5, 5.41) is 9.11. The molecule has 5 nitrogen and oxygen atoms in total. The van der Waals surface area contributed by atoms with Crippen LogP contribution in [-0.2, 0) is 16.6 Å². The zero-order valence-electron chi connectivity index (χ0n) is 9.23. The first-order valence-corrected chi connectivity index (χ1v) is 6.33. The molecule has 0 saturated carbocycles. The molecule has 16 heavy (non-hydrogen) atoms. The normalized spacial score (nSPS) is 11.4. The quantitative estimate of drug-likeness (QED) is 0.791. The molecule has 2 N–H and O–H groups in total. The molecule has 0 aliphatic rings.